The van der Waals surface area contributed by atoms with Gasteiger partial charge in [-0.15, -0.1) is 0 Å². The second-order valence-electron chi connectivity index (χ2n) is 9.39. The first-order chi connectivity index (χ1) is 18.4. The number of rotatable bonds is 5. The summed E-state index contributed by atoms with van der Waals surface area (Å²) in [7, 11) is 0. The maximum absolute atomic E-state index is 14.1. The van der Waals surface area contributed by atoms with Gasteiger partial charge in [-0.25, -0.2) is 0 Å². The summed E-state index contributed by atoms with van der Waals surface area (Å²) in [6.45, 7) is 1.96. The Kier molecular flexibility index (Phi) is 6.59. The van der Waals surface area contributed by atoms with E-state index in [1.807, 2.05) is 37.3 Å². The number of anilines is 2. The van der Waals surface area contributed by atoms with E-state index >= 15 is 0 Å². The van der Waals surface area contributed by atoms with Crippen LogP contribution in [0.4, 0.5) is 11.4 Å². The number of aryl methyl sites for hydroxylation is 2. The molecule has 0 spiro atoms. The third kappa shape index (κ3) is 4.70. The molecule has 0 fully saturated rings. The molecule has 4 aromatic rings. The van der Waals surface area contributed by atoms with Crippen LogP contribution in [0, 0.1) is 18.3 Å². The summed E-state index contributed by atoms with van der Waals surface area (Å²) >= 11 is 0. The van der Waals surface area contributed by atoms with Crippen molar-refractivity contribution in [2.24, 2.45) is 5.73 Å². The van der Waals surface area contributed by atoms with Gasteiger partial charge in [-0.3, -0.25) is 19.3 Å². The molecule has 0 saturated carbocycles. The Morgan fingerprint density at radius 1 is 0.842 bits per heavy atom. The molecule has 6 heteroatoms. The smallest absolute Gasteiger partial charge is 0.262 e. The highest BCUT2D eigenvalue weighted by Gasteiger charge is 2.24. The van der Waals surface area contributed by atoms with Crippen LogP contribution in [0.5, 0.6) is 0 Å². The number of amides is 2. The molecular formula is C32H25N3O3. The van der Waals surface area contributed by atoms with Gasteiger partial charge >= 0.3 is 0 Å². The van der Waals surface area contributed by atoms with E-state index in [1.165, 1.54) is 0 Å². The van der Waals surface area contributed by atoms with Crippen molar-refractivity contribution in [1.29, 1.82) is 5.26 Å². The average Bonchev–Trinajstić information content (AvgIpc) is 2.93. The molecule has 0 radical (unpaired) electrons. The minimum atomic E-state index is -0.501. The Labute approximate surface area is 220 Å². The lowest BCUT2D eigenvalue weighted by Gasteiger charge is -2.26. The van der Waals surface area contributed by atoms with E-state index in [-0.39, 0.29) is 11.7 Å². The van der Waals surface area contributed by atoms with Crippen molar-refractivity contribution in [2.75, 3.05) is 4.90 Å². The van der Waals surface area contributed by atoms with E-state index in [9.17, 15) is 19.6 Å². The van der Waals surface area contributed by atoms with E-state index in [1.54, 1.807) is 59.5 Å². The number of carbonyl (C=O) groups excluding carboxylic acids is 3. The first kappa shape index (κ1) is 24.7. The molecule has 0 unspecified atom stereocenters. The average molecular weight is 500 g/mol. The molecule has 5 rings (SSSR count). The number of carbonyl (C=O) groups is 3. The normalized spacial score (nSPS) is 12.4. The Morgan fingerprint density at radius 2 is 1.58 bits per heavy atom. The lowest BCUT2D eigenvalue weighted by Crippen LogP contribution is -2.26. The Morgan fingerprint density at radius 3 is 2.32 bits per heavy atom. The maximum atomic E-state index is 14.1. The lowest BCUT2D eigenvalue weighted by molar-refractivity contribution is 0.0969. The fourth-order valence-corrected chi connectivity index (χ4v) is 4.88. The molecule has 2 amide bonds. The lowest BCUT2D eigenvalue weighted by atomic mass is 9.90. The number of hydrogen-bond donors (Lipinski definition) is 1. The van der Waals surface area contributed by atoms with Crippen LogP contribution in [0.3, 0.4) is 0 Å². The number of hydrogen-bond acceptors (Lipinski definition) is 4. The zero-order valence-electron chi connectivity index (χ0n) is 20.9. The highest BCUT2D eigenvalue weighted by Crippen LogP contribution is 2.33. The third-order valence-corrected chi connectivity index (χ3v) is 6.90. The zero-order chi connectivity index (χ0) is 26.8. The van der Waals surface area contributed by atoms with Gasteiger partial charge in [-0.2, -0.15) is 5.26 Å². The Balaban J connectivity index is 1.61. The van der Waals surface area contributed by atoms with Gasteiger partial charge in [0.1, 0.15) is 0 Å². The zero-order valence-corrected chi connectivity index (χ0v) is 20.9. The van der Waals surface area contributed by atoms with Crippen molar-refractivity contribution >= 4 is 29.0 Å². The van der Waals surface area contributed by atoms with Crippen molar-refractivity contribution in [3.63, 3.8) is 0 Å². The maximum Gasteiger partial charge on any atom is 0.262 e. The molecule has 0 bridgehead atoms. The third-order valence-electron chi connectivity index (χ3n) is 6.90. The summed E-state index contributed by atoms with van der Waals surface area (Å²) in [4.78, 5) is 39.6. The number of Topliss-reactive ketones (excluding diaryl/α,β-unsaturated/α-hetero) is 1. The number of primary amides is 1. The number of benzene rings is 4. The topological polar surface area (TPSA) is 104 Å². The molecular weight excluding hydrogens is 474 g/mol. The molecule has 0 aliphatic heterocycles. The minimum Gasteiger partial charge on any atom is -0.366 e. The Hall–Kier alpha value is -5.02. The fourth-order valence-electron chi connectivity index (χ4n) is 4.88. The van der Waals surface area contributed by atoms with Gasteiger partial charge in [0, 0.05) is 28.8 Å². The van der Waals surface area contributed by atoms with Crippen molar-refractivity contribution in [1.82, 2.24) is 0 Å². The summed E-state index contributed by atoms with van der Waals surface area (Å²) in [5.74, 6) is -0.649. The summed E-state index contributed by atoms with van der Waals surface area (Å²) in [6, 6.07) is 27.0. The number of nitrogens with zero attached hydrogens (tertiary/aromatic N) is 2. The van der Waals surface area contributed by atoms with Gasteiger partial charge in [-0.05, 0) is 103 Å². The highest BCUT2D eigenvalue weighted by molar-refractivity contribution is 6.12. The van der Waals surface area contributed by atoms with Gasteiger partial charge in [0.05, 0.1) is 17.3 Å². The highest BCUT2D eigenvalue weighted by atomic mass is 16.2. The summed E-state index contributed by atoms with van der Waals surface area (Å²) in [6.07, 6.45) is 2.08. The Bertz CT molecular complexity index is 1630. The molecule has 6 nitrogen and oxygen atoms in total. The van der Waals surface area contributed by atoms with Gasteiger partial charge in [0.15, 0.2) is 5.78 Å². The van der Waals surface area contributed by atoms with E-state index in [2.05, 4.69) is 6.07 Å². The van der Waals surface area contributed by atoms with Gasteiger partial charge in [0.2, 0.25) is 5.91 Å². The number of ketones is 1. The quantitative estimate of drug-likeness (QED) is 0.357. The van der Waals surface area contributed by atoms with Crippen molar-refractivity contribution in [3.8, 4) is 17.2 Å². The van der Waals surface area contributed by atoms with Gasteiger partial charge in [0.25, 0.3) is 5.91 Å². The molecule has 4 aromatic carbocycles. The number of fused-ring (bicyclic) bond motifs is 1. The first-order valence-corrected chi connectivity index (χ1v) is 12.4. The molecule has 38 heavy (non-hydrogen) atoms. The molecule has 0 aromatic heterocycles. The standard InChI is InChI=1S/C32H25N3O3/c1-20-8-9-25(18-29(20)22-10-12-23(13-11-22)31(34)37)32(38)35(26-6-2-4-21(16-26)19-33)27-14-15-28-24(17-27)5-3-7-30(28)36/h2,4,6,8-18H,3,5,7H2,1H3,(H2,34,37). The van der Waals surface area contributed by atoms with Crippen molar-refractivity contribution in [3.05, 3.63) is 118 Å². The van der Waals surface area contributed by atoms with Gasteiger partial charge in [-0.1, -0.05) is 24.3 Å². The van der Waals surface area contributed by atoms with Crippen LogP contribution >= 0.6 is 0 Å². The van der Waals surface area contributed by atoms with Crippen LogP contribution in [0.15, 0.2) is 84.9 Å². The van der Waals surface area contributed by atoms with E-state index < -0.39 is 5.91 Å². The van der Waals surface area contributed by atoms with Crippen molar-refractivity contribution in [2.45, 2.75) is 26.2 Å². The second kappa shape index (κ2) is 10.2. The summed E-state index contributed by atoms with van der Waals surface area (Å²) in [5, 5.41) is 9.48. The second-order valence-corrected chi connectivity index (χ2v) is 9.39. The van der Waals surface area contributed by atoms with Crippen LogP contribution in [-0.2, 0) is 6.42 Å². The van der Waals surface area contributed by atoms with Crippen LogP contribution in [0.25, 0.3) is 11.1 Å². The van der Waals surface area contributed by atoms with Crippen LogP contribution in [0.1, 0.15) is 60.6 Å². The molecule has 186 valence electrons. The fraction of sp³-hybridized carbons (Fsp3) is 0.125. The molecule has 1 aliphatic carbocycles. The predicted octanol–water partition coefficient (Wildman–Crippen LogP) is 6.13. The summed E-state index contributed by atoms with van der Waals surface area (Å²) in [5.41, 5.74) is 12.2. The van der Waals surface area contributed by atoms with Crippen LogP contribution < -0.4 is 10.6 Å². The van der Waals surface area contributed by atoms with Crippen molar-refractivity contribution < 1.29 is 14.4 Å². The molecule has 0 atom stereocenters. The predicted molar refractivity (Wildman–Crippen MR) is 146 cm³/mol. The molecule has 2 N–H and O–H groups in total. The SMILES string of the molecule is Cc1ccc(C(=O)N(c2cccc(C#N)c2)c2ccc3c(c2)CCCC3=O)cc1-c1ccc(C(N)=O)cc1. The van der Waals surface area contributed by atoms with E-state index in [4.69, 9.17) is 5.73 Å². The summed E-state index contributed by atoms with van der Waals surface area (Å²) < 4.78 is 0. The molecule has 0 saturated heterocycles. The monoisotopic (exact) mass is 499 g/mol. The largest absolute Gasteiger partial charge is 0.366 e. The first-order valence-electron chi connectivity index (χ1n) is 12.4. The van der Waals surface area contributed by atoms with Crippen LogP contribution in [0.2, 0.25) is 0 Å². The number of nitrogens with two attached hydrogens (primary N) is 1. The molecule has 1 aliphatic rings. The minimum absolute atomic E-state index is 0.118. The van der Waals surface area contributed by atoms with E-state index in [0.29, 0.717) is 40.0 Å². The van der Waals surface area contributed by atoms with Gasteiger partial charge < -0.3 is 5.73 Å². The van der Waals surface area contributed by atoms with E-state index in [0.717, 1.165) is 35.1 Å². The number of nitriles is 1. The molecule has 0 heterocycles. The van der Waals surface area contributed by atoms with Crippen LogP contribution in [-0.4, -0.2) is 17.6 Å².